The largest absolute Gasteiger partial charge is 0.443 e. The summed E-state index contributed by atoms with van der Waals surface area (Å²) < 4.78 is 7.59. The maximum atomic E-state index is 13.0. The lowest BCUT2D eigenvalue weighted by molar-refractivity contribution is 0.0949. The Bertz CT molecular complexity index is 1070. The molecule has 0 aliphatic rings. The smallest absolute Gasteiger partial charge is 0.257 e. The zero-order valence-electron chi connectivity index (χ0n) is 17.1. The molecule has 0 fully saturated rings. The topological polar surface area (TPSA) is 67.5 Å². The second-order valence-corrected chi connectivity index (χ2v) is 7.67. The van der Waals surface area contributed by atoms with E-state index in [1.54, 1.807) is 24.4 Å². The van der Waals surface area contributed by atoms with Gasteiger partial charge in [0.05, 0.1) is 11.3 Å². The van der Waals surface area contributed by atoms with Crippen LogP contribution in [0, 0.1) is 0 Å². The number of benzene rings is 1. The van der Waals surface area contributed by atoms with Gasteiger partial charge in [-0.25, -0.2) is 0 Å². The third-order valence-electron chi connectivity index (χ3n) is 5.09. The molecule has 30 heavy (non-hydrogen) atoms. The maximum absolute atomic E-state index is 13.0. The summed E-state index contributed by atoms with van der Waals surface area (Å²) in [5, 5.41) is 3.80. The van der Waals surface area contributed by atoms with Crippen LogP contribution in [0.4, 0.5) is 0 Å². The van der Waals surface area contributed by atoms with E-state index in [4.69, 9.17) is 27.6 Å². The highest BCUT2D eigenvalue weighted by Crippen LogP contribution is 2.19. The van der Waals surface area contributed by atoms with Gasteiger partial charge in [-0.15, -0.1) is 11.6 Å². The first-order valence-corrected chi connectivity index (χ1v) is 10.8. The number of fused-ring (bicyclic) bond motifs is 1. The average Bonchev–Trinajstić information content (AvgIpc) is 3.20. The van der Waals surface area contributed by atoms with Crippen molar-refractivity contribution < 1.29 is 9.21 Å². The van der Waals surface area contributed by atoms with E-state index in [2.05, 4.69) is 24.1 Å². The van der Waals surface area contributed by atoms with Crippen LogP contribution < -0.4 is 10.7 Å². The normalized spacial score (nSPS) is 11.4. The first kappa shape index (κ1) is 22.4. The first-order chi connectivity index (χ1) is 14.5. The van der Waals surface area contributed by atoms with Gasteiger partial charge in [-0.2, -0.15) is 0 Å². The van der Waals surface area contributed by atoms with Crippen molar-refractivity contribution >= 4 is 40.2 Å². The Labute approximate surface area is 185 Å². The molecule has 0 radical (unpaired) electrons. The summed E-state index contributed by atoms with van der Waals surface area (Å²) in [7, 11) is 0. The fraction of sp³-hybridized carbons (Fsp3) is 0.364. The molecule has 1 aromatic carbocycles. The van der Waals surface area contributed by atoms with Crippen molar-refractivity contribution in [3.8, 4) is 0 Å². The van der Waals surface area contributed by atoms with Crippen molar-refractivity contribution in [3.63, 3.8) is 0 Å². The summed E-state index contributed by atoms with van der Waals surface area (Å²) >= 11 is 11.8. The monoisotopic (exact) mass is 449 g/mol. The van der Waals surface area contributed by atoms with Crippen LogP contribution >= 0.6 is 23.2 Å². The number of amides is 1. The summed E-state index contributed by atoms with van der Waals surface area (Å²) in [5.74, 6) is 0.226. The summed E-state index contributed by atoms with van der Waals surface area (Å²) in [5.41, 5.74) is 1.05. The number of carbonyl (C=O) groups is 1. The molecule has 160 valence electrons. The lowest BCUT2D eigenvalue weighted by Gasteiger charge is -2.19. The van der Waals surface area contributed by atoms with Crippen LogP contribution in [-0.4, -0.2) is 35.0 Å². The van der Waals surface area contributed by atoms with Crippen LogP contribution in [-0.2, 0) is 19.0 Å². The summed E-state index contributed by atoms with van der Waals surface area (Å²) in [4.78, 5) is 28.0. The number of aromatic nitrogens is 1. The third-order valence-corrected chi connectivity index (χ3v) is 5.61. The Kier molecular flexibility index (Phi) is 7.58. The predicted molar refractivity (Wildman–Crippen MR) is 120 cm³/mol. The van der Waals surface area contributed by atoms with Gasteiger partial charge >= 0.3 is 0 Å². The maximum Gasteiger partial charge on any atom is 0.257 e. The molecule has 0 saturated heterocycles. The Hall–Kier alpha value is -2.28. The minimum absolute atomic E-state index is 0.0814. The van der Waals surface area contributed by atoms with Crippen molar-refractivity contribution in [2.45, 2.75) is 32.8 Å². The zero-order chi connectivity index (χ0) is 21.7. The number of nitrogens with one attached hydrogen (secondary N) is 1. The number of carbonyl (C=O) groups excluding carboxylic acids is 1. The second-order valence-electron chi connectivity index (χ2n) is 6.97. The van der Waals surface area contributed by atoms with E-state index in [0.717, 1.165) is 25.2 Å². The van der Waals surface area contributed by atoms with E-state index < -0.39 is 5.91 Å². The molecule has 2 aromatic heterocycles. The number of furan rings is 1. The molecule has 3 aromatic rings. The summed E-state index contributed by atoms with van der Waals surface area (Å²) in [6.45, 7) is 7.68. The molecule has 0 saturated carbocycles. The fourth-order valence-electron chi connectivity index (χ4n) is 3.29. The van der Waals surface area contributed by atoms with Crippen molar-refractivity contribution in [2.24, 2.45) is 0 Å². The molecule has 0 aliphatic heterocycles. The number of hydrogen-bond donors (Lipinski definition) is 1. The molecule has 0 unspecified atom stereocenters. The number of alkyl halides is 1. The second kappa shape index (κ2) is 10.2. The highest BCUT2D eigenvalue weighted by atomic mass is 35.5. The van der Waals surface area contributed by atoms with E-state index in [1.165, 1.54) is 0 Å². The van der Waals surface area contributed by atoms with Gasteiger partial charge in [0.15, 0.2) is 0 Å². The van der Waals surface area contributed by atoms with Gasteiger partial charge in [-0.05, 0) is 36.9 Å². The van der Waals surface area contributed by atoms with Gasteiger partial charge in [-0.1, -0.05) is 37.6 Å². The number of rotatable bonds is 9. The molecule has 3 rings (SSSR count). The Balaban J connectivity index is 1.90. The molecule has 0 atom stereocenters. The molecule has 1 amide bonds. The van der Waals surface area contributed by atoms with E-state index in [-0.39, 0.29) is 16.9 Å². The third kappa shape index (κ3) is 5.06. The Morgan fingerprint density at radius 3 is 2.53 bits per heavy atom. The van der Waals surface area contributed by atoms with Crippen LogP contribution in [0.5, 0.6) is 0 Å². The van der Waals surface area contributed by atoms with Crippen LogP contribution in [0.3, 0.4) is 0 Å². The van der Waals surface area contributed by atoms with E-state index >= 15 is 0 Å². The Morgan fingerprint density at radius 1 is 1.20 bits per heavy atom. The van der Waals surface area contributed by atoms with Gasteiger partial charge in [-0.3, -0.25) is 9.59 Å². The van der Waals surface area contributed by atoms with Crippen LogP contribution in [0.25, 0.3) is 11.1 Å². The quantitative estimate of drug-likeness (QED) is 0.495. The molecular formula is C22H25Cl2N3O3. The lowest BCUT2D eigenvalue weighted by atomic mass is 10.2. The highest BCUT2D eigenvalue weighted by molar-refractivity contribution is 6.30. The number of likely N-dealkylation sites (N-methyl/N-ethyl adjacent to an activating group) is 1. The van der Waals surface area contributed by atoms with Crippen LogP contribution in [0.15, 0.2) is 45.7 Å². The van der Waals surface area contributed by atoms with E-state index in [0.29, 0.717) is 35.0 Å². The standard InChI is InChI=1S/C22H25Cl2N3O3/c1-3-26(4-2)9-10-27-14-19(20(28)18-11-17(12-23)30-22(18)27)21(29)25-13-15-5-7-16(24)8-6-15/h5-8,11,14H,3-4,9-10,12-13H2,1-2H3,(H,25,29). The van der Waals surface area contributed by atoms with Gasteiger partial charge in [0.1, 0.15) is 11.3 Å². The predicted octanol–water partition coefficient (Wildman–Crippen LogP) is 4.26. The zero-order valence-corrected chi connectivity index (χ0v) is 18.6. The fourth-order valence-corrected chi connectivity index (χ4v) is 3.55. The van der Waals surface area contributed by atoms with E-state index in [9.17, 15) is 9.59 Å². The number of pyridine rings is 1. The molecule has 0 bridgehead atoms. The molecule has 1 N–H and O–H groups in total. The molecule has 0 aliphatic carbocycles. The van der Waals surface area contributed by atoms with Gasteiger partial charge in [0, 0.05) is 30.9 Å². The minimum atomic E-state index is -0.429. The Morgan fingerprint density at radius 2 is 1.90 bits per heavy atom. The summed E-state index contributed by atoms with van der Waals surface area (Å²) in [6, 6.07) is 8.80. The lowest BCUT2D eigenvalue weighted by Crippen LogP contribution is -2.31. The SMILES string of the molecule is CCN(CC)CCn1cc(C(=O)NCc2ccc(Cl)cc2)c(=O)c2cc(CCl)oc21. The summed E-state index contributed by atoms with van der Waals surface area (Å²) in [6.07, 6.45) is 1.58. The highest BCUT2D eigenvalue weighted by Gasteiger charge is 2.19. The minimum Gasteiger partial charge on any atom is -0.443 e. The van der Waals surface area contributed by atoms with Crippen molar-refractivity contribution in [2.75, 3.05) is 19.6 Å². The van der Waals surface area contributed by atoms with Crippen LogP contribution in [0.2, 0.25) is 5.02 Å². The molecule has 2 heterocycles. The first-order valence-electron chi connectivity index (χ1n) is 9.93. The average molecular weight is 450 g/mol. The molecule has 6 nitrogen and oxygen atoms in total. The molecular weight excluding hydrogens is 425 g/mol. The van der Waals surface area contributed by atoms with Crippen molar-refractivity contribution in [1.82, 2.24) is 14.8 Å². The number of halogens is 2. The van der Waals surface area contributed by atoms with Crippen LogP contribution in [0.1, 0.15) is 35.5 Å². The number of hydrogen-bond acceptors (Lipinski definition) is 4. The molecule has 8 heteroatoms. The van der Waals surface area contributed by atoms with Crippen molar-refractivity contribution in [3.05, 3.63) is 68.7 Å². The van der Waals surface area contributed by atoms with E-state index in [1.807, 2.05) is 16.7 Å². The van der Waals surface area contributed by atoms with Gasteiger partial charge < -0.3 is 19.2 Å². The van der Waals surface area contributed by atoms with Gasteiger partial charge in [0.2, 0.25) is 11.1 Å². The van der Waals surface area contributed by atoms with Gasteiger partial charge in [0.25, 0.3) is 5.91 Å². The van der Waals surface area contributed by atoms with Crippen molar-refractivity contribution in [1.29, 1.82) is 0 Å². The number of nitrogens with zero attached hydrogens (tertiary/aromatic N) is 2. The molecule has 0 spiro atoms.